The molecule has 2 heterocycles. The number of aliphatic hydroxyl groups excluding tert-OH is 1. The zero-order valence-corrected chi connectivity index (χ0v) is 16.1. The van der Waals surface area contributed by atoms with Gasteiger partial charge in [0.1, 0.15) is 0 Å². The molecule has 1 saturated heterocycles. The molecule has 0 radical (unpaired) electrons. The molecule has 7 heteroatoms. The Labute approximate surface area is 169 Å². The first-order valence-electron chi connectivity index (χ1n) is 9.84. The quantitative estimate of drug-likeness (QED) is 0.491. The van der Waals surface area contributed by atoms with E-state index in [1.807, 2.05) is 12.1 Å². The Morgan fingerprint density at radius 2 is 1.86 bits per heavy atom. The van der Waals surface area contributed by atoms with Crippen molar-refractivity contribution in [2.24, 2.45) is 0 Å². The fourth-order valence-corrected chi connectivity index (χ4v) is 3.88. The summed E-state index contributed by atoms with van der Waals surface area (Å²) in [4.78, 5) is 17.3. The van der Waals surface area contributed by atoms with Gasteiger partial charge in [-0.2, -0.15) is 0 Å². The van der Waals surface area contributed by atoms with Crippen molar-refractivity contribution < 1.29 is 10.0 Å². The number of benzene rings is 2. The summed E-state index contributed by atoms with van der Waals surface area (Å²) >= 11 is 0. The van der Waals surface area contributed by atoms with Crippen molar-refractivity contribution in [1.82, 2.24) is 9.88 Å². The normalized spacial score (nSPS) is 15.5. The van der Waals surface area contributed by atoms with Gasteiger partial charge in [-0.3, -0.25) is 20.0 Å². The van der Waals surface area contributed by atoms with Gasteiger partial charge in [-0.15, -0.1) is 0 Å². The fraction of sp³-hybridized carbons (Fsp3) is 0.318. The van der Waals surface area contributed by atoms with E-state index in [4.69, 9.17) is 0 Å². The summed E-state index contributed by atoms with van der Waals surface area (Å²) < 4.78 is 0. The minimum Gasteiger partial charge on any atom is -0.393 e. The summed E-state index contributed by atoms with van der Waals surface area (Å²) in [5, 5.41) is 25.8. The van der Waals surface area contributed by atoms with Crippen molar-refractivity contribution in [2.45, 2.75) is 32.0 Å². The van der Waals surface area contributed by atoms with Crippen LogP contribution >= 0.6 is 0 Å². The minimum absolute atomic E-state index is 0.0614. The van der Waals surface area contributed by atoms with Crippen LogP contribution in [0.25, 0.3) is 10.8 Å². The van der Waals surface area contributed by atoms with Gasteiger partial charge in [0.25, 0.3) is 5.69 Å². The Kier molecular flexibility index (Phi) is 5.69. The lowest BCUT2D eigenvalue weighted by molar-refractivity contribution is -0.383. The zero-order chi connectivity index (χ0) is 20.2. The lowest BCUT2D eigenvalue weighted by Crippen LogP contribution is -2.35. The molecule has 1 aliphatic heterocycles. The SMILES string of the molecule is O=[N+]([O-])c1ccc(NCc2ccccc2CN2CCC(O)CC2)c2ccncc12. The van der Waals surface area contributed by atoms with Gasteiger partial charge in [-0.1, -0.05) is 24.3 Å². The van der Waals surface area contributed by atoms with Crippen LogP contribution in [0.4, 0.5) is 11.4 Å². The average molecular weight is 392 g/mol. The van der Waals surface area contributed by atoms with E-state index >= 15 is 0 Å². The maximum atomic E-state index is 11.3. The molecule has 0 amide bonds. The first kappa shape index (κ1) is 19.3. The molecule has 29 heavy (non-hydrogen) atoms. The highest BCUT2D eigenvalue weighted by Crippen LogP contribution is 2.31. The molecule has 0 saturated carbocycles. The molecule has 150 valence electrons. The molecule has 1 aromatic heterocycles. The lowest BCUT2D eigenvalue weighted by Gasteiger charge is -2.30. The van der Waals surface area contributed by atoms with Gasteiger partial charge in [0.15, 0.2) is 0 Å². The molecule has 0 spiro atoms. The van der Waals surface area contributed by atoms with Crippen molar-refractivity contribution in [3.8, 4) is 0 Å². The third kappa shape index (κ3) is 4.36. The van der Waals surface area contributed by atoms with Gasteiger partial charge < -0.3 is 10.4 Å². The second-order valence-electron chi connectivity index (χ2n) is 7.44. The molecular formula is C22H24N4O3. The molecule has 0 aliphatic carbocycles. The summed E-state index contributed by atoms with van der Waals surface area (Å²) in [6, 6.07) is 13.4. The predicted molar refractivity (Wildman–Crippen MR) is 113 cm³/mol. The van der Waals surface area contributed by atoms with E-state index in [0.29, 0.717) is 11.9 Å². The van der Waals surface area contributed by atoms with E-state index in [1.165, 1.54) is 23.4 Å². The van der Waals surface area contributed by atoms with Gasteiger partial charge in [-0.25, -0.2) is 0 Å². The summed E-state index contributed by atoms with van der Waals surface area (Å²) in [5.74, 6) is 0. The summed E-state index contributed by atoms with van der Waals surface area (Å²) in [6.45, 7) is 3.29. The number of likely N-dealkylation sites (tertiary alicyclic amines) is 1. The number of piperidine rings is 1. The van der Waals surface area contributed by atoms with Gasteiger partial charge in [-0.05, 0) is 36.1 Å². The maximum absolute atomic E-state index is 11.3. The van der Waals surface area contributed by atoms with E-state index in [1.54, 1.807) is 18.3 Å². The Morgan fingerprint density at radius 1 is 1.10 bits per heavy atom. The van der Waals surface area contributed by atoms with E-state index in [-0.39, 0.29) is 16.7 Å². The Hall–Kier alpha value is -3.03. The zero-order valence-electron chi connectivity index (χ0n) is 16.1. The first-order valence-corrected chi connectivity index (χ1v) is 9.84. The van der Waals surface area contributed by atoms with Crippen LogP contribution in [0.15, 0.2) is 54.9 Å². The highest BCUT2D eigenvalue weighted by Gasteiger charge is 2.18. The Balaban J connectivity index is 1.53. The maximum Gasteiger partial charge on any atom is 0.278 e. The molecular weight excluding hydrogens is 368 g/mol. The van der Waals surface area contributed by atoms with Crippen molar-refractivity contribution >= 4 is 22.1 Å². The number of anilines is 1. The van der Waals surface area contributed by atoms with Gasteiger partial charge in [0.05, 0.1) is 16.4 Å². The van der Waals surface area contributed by atoms with E-state index < -0.39 is 0 Å². The smallest absolute Gasteiger partial charge is 0.278 e. The molecule has 1 aliphatic rings. The highest BCUT2D eigenvalue weighted by molar-refractivity contribution is 5.99. The third-order valence-corrected chi connectivity index (χ3v) is 5.53. The summed E-state index contributed by atoms with van der Waals surface area (Å²) in [6.07, 6.45) is 4.66. The molecule has 1 fully saturated rings. The molecule has 2 aromatic carbocycles. The Morgan fingerprint density at radius 3 is 2.62 bits per heavy atom. The lowest BCUT2D eigenvalue weighted by atomic mass is 10.0. The minimum atomic E-state index is -0.376. The monoisotopic (exact) mass is 392 g/mol. The van der Waals surface area contributed by atoms with Gasteiger partial charge >= 0.3 is 0 Å². The van der Waals surface area contributed by atoms with Gasteiger partial charge in [0, 0.05) is 55.7 Å². The van der Waals surface area contributed by atoms with Crippen LogP contribution in [0, 0.1) is 10.1 Å². The summed E-state index contributed by atoms with van der Waals surface area (Å²) in [5.41, 5.74) is 3.36. The standard InChI is InChI=1S/C22H24N4O3/c27-18-8-11-25(12-9-18)15-17-4-2-1-3-16(17)13-24-21-5-6-22(26(28)29)20-14-23-10-7-19(20)21/h1-7,10,14,18,24,27H,8-9,11-13,15H2. The van der Waals surface area contributed by atoms with Crippen LogP contribution in [0.1, 0.15) is 24.0 Å². The van der Waals surface area contributed by atoms with Crippen LogP contribution in [0.2, 0.25) is 0 Å². The number of nitro groups is 1. The fourth-order valence-electron chi connectivity index (χ4n) is 3.88. The topological polar surface area (TPSA) is 91.5 Å². The number of rotatable bonds is 6. The molecule has 3 aromatic rings. The molecule has 4 rings (SSSR count). The number of fused-ring (bicyclic) bond motifs is 1. The number of nitrogens with zero attached hydrogens (tertiary/aromatic N) is 3. The number of hydrogen-bond acceptors (Lipinski definition) is 6. The van der Waals surface area contributed by atoms with Crippen molar-refractivity contribution in [1.29, 1.82) is 0 Å². The van der Waals surface area contributed by atoms with Crippen LogP contribution in [0.5, 0.6) is 0 Å². The van der Waals surface area contributed by atoms with Crippen molar-refractivity contribution in [2.75, 3.05) is 18.4 Å². The Bertz CT molecular complexity index is 1020. The number of aliphatic hydroxyl groups is 1. The van der Waals surface area contributed by atoms with Crippen LogP contribution in [-0.4, -0.2) is 39.1 Å². The van der Waals surface area contributed by atoms with Crippen LogP contribution < -0.4 is 5.32 Å². The highest BCUT2D eigenvalue weighted by atomic mass is 16.6. The number of aromatic nitrogens is 1. The van der Waals surface area contributed by atoms with Crippen LogP contribution in [0.3, 0.4) is 0 Å². The molecule has 0 unspecified atom stereocenters. The molecule has 0 atom stereocenters. The predicted octanol–water partition coefficient (Wildman–Crippen LogP) is 3.71. The average Bonchev–Trinajstić information content (AvgIpc) is 2.74. The second-order valence-corrected chi connectivity index (χ2v) is 7.44. The first-order chi connectivity index (χ1) is 14.1. The van der Waals surface area contributed by atoms with Crippen LogP contribution in [-0.2, 0) is 13.1 Å². The number of pyridine rings is 1. The number of nitro benzene ring substituents is 1. The third-order valence-electron chi connectivity index (χ3n) is 5.53. The van der Waals surface area contributed by atoms with E-state index in [2.05, 4.69) is 27.3 Å². The summed E-state index contributed by atoms with van der Waals surface area (Å²) in [7, 11) is 0. The van der Waals surface area contributed by atoms with Crippen molar-refractivity contribution in [3.63, 3.8) is 0 Å². The molecule has 7 nitrogen and oxygen atoms in total. The number of hydrogen-bond donors (Lipinski definition) is 2. The van der Waals surface area contributed by atoms with E-state index in [9.17, 15) is 15.2 Å². The van der Waals surface area contributed by atoms with E-state index in [0.717, 1.165) is 43.5 Å². The number of non-ortho nitro benzene ring substituents is 1. The van der Waals surface area contributed by atoms with Crippen molar-refractivity contribution in [3.05, 3.63) is 76.1 Å². The molecule has 0 bridgehead atoms. The number of nitrogens with one attached hydrogen (secondary N) is 1. The molecule has 2 N–H and O–H groups in total. The largest absolute Gasteiger partial charge is 0.393 e. The van der Waals surface area contributed by atoms with Gasteiger partial charge in [0.2, 0.25) is 0 Å². The second kappa shape index (κ2) is 8.55.